The van der Waals surface area contributed by atoms with Crippen molar-refractivity contribution >= 4 is 5.97 Å². The van der Waals surface area contributed by atoms with Gasteiger partial charge in [0.1, 0.15) is 0 Å². The molecule has 0 spiro atoms. The van der Waals surface area contributed by atoms with Gasteiger partial charge in [0.25, 0.3) is 0 Å². The highest BCUT2D eigenvalue weighted by atomic mass is 19.1. The maximum Gasteiger partial charge on any atom is 0.308 e. The van der Waals surface area contributed by atoms with Crippen LogP contribution in [-0.2, 0) is 19.0 Å². The van der Waals surface area contributed by atoms with E-state index in [0.29, 0.717) is 6.61 Å². The maximum atomic E-state index is 16.4. The average molecular weight is 401 g/mol. The number of alkyl halides is 1. The first-order valence-electron chi connectivity index (χ1n) is 11.1. The summed E-state index contributed by atoms with van der Waals surface area (Å²) < 4.78 is 33.4. The molecule has 2 heterocycles. The quantitative estimate of drug-likeness (QED) is 0.438. The minimum atomic E-state index is -1.63. The van der Waals surface area contributed by atoms with Gasteiger partial charge in [-0.1, -0.05) is 0 Å². The summed E-state index contributed by atoms with van der Waals surface area (Å²) in [6.45, 7) is 5.52. The van der Waals surface area contributed by atoms with E-state index in [-0.39, 0.29) is 24.6 Å². The van der Waals surface area contributed by atoms with E-state index in [1.165, 1.54) is 0 Å². The van der Waals surface area contributed by atoms with Crippen LogP contribution in [0.1, 0.15) is 58.3 Å². The minimum absolute atomic E-state index is 0.0202. The van der Waals surface area contributed by atoms with Gasteiger partial charge in [-0.15, -0.1) is 0 Å². The summed E-state index contributed by atoms with van der Waals surface area (Å²) in [5.41, 5.74) is 0. The number of ether oxygens (including phenoxy) is 3. The second-order valence-electron chi connectivity index (χ2n) is 8.40. The molecule has 3 aliphatic rings. The highest BCUT2D eigenvalue weighted by Crippen LogP contribution is 2.36. The van der Waals surface area contributed by atoms with Crippen molar-refractivity contribution in [3.8, 4) is 0 Å². The Labute approximate surface area is 168 Å². The smallest absolute Gasteiger partial charge is 0.308 e. The Hall–Kier alpha value is -0.760. The molecule has 0 amide bonds. The molecule has 0 aromatic heterocycles. The van der Waals surface area contributed by atoms with Gasteiger partial charge in [-0.3, -0.25) is 14.6 Å². The average Bonchev–Trinajstić information content (AvgIpc) is 3.41. The van der Waals surface area contributed by atoms with Crippen LogP contribution in [0.4, 0.5) is 4.39 Å². The van der Waals surface area contributed by atoms with Crippen molar-refractivity contribution in [1.82, 2.24) is 9.80 Å². The van der Waals surface area contributed by atoms with Crippen LogP contribution in [0.3, 0.4) is 0 Å². The molecule has 0 N–H and O–H groups in total. The number of halogens is 1. The topological polar surface area (TPSA) is 51.2 Å². The monoisotopic (exact) mass is 400 g/mol. The van der Waals surface area contributed by atoms with E-state index < -0.39 is 12.0 Å². The summed E-state index contributed by atoms with van der Waals surface area (Å²) in [7, 11) is 1.57. The van der Waals surface area contributed by atoms with E-state index >= 15 is 4.39 Å². The molecule has 0 aromatic carbocycles. The van der Waals surface area contributed by atoms with Crippen molar-refractivity contribution < 1.29 is 23.4 Å². The molecule has 2 aliphatic heterocycles. The molecule has 0 radical (unpaired) electrons. The van der Waals surface area contributed by atoms with Crippen LogP contribution in [0.5, 0.6) is 0 Å². The van der Waals surface area contributed by atoms with E-state index in [0.717, 1.165) is 77.5 Å². The van der Waals surface area contributed by atoms with Gasteiger partial charge < -0.3 is 14.2 Å². The third kappa shape index (κ3) is 5.04. The van der Waals surface area contributed by atoms with E-state index in [1.807, 2.05) is 11.8 Å². The lowest BCUT2D eigenvalue weighted by Gasteiger charge is -2.45. The van der Waals surface area contributed by atoms with Crippen molar-refractivity contribution in [1.29, 1.82) is 0 Å². The van der Waals surface area contributed by atoms with Crippen molar-refractivity contribution in [2.45, 2.75) is 76.4 Å². The van der Waals surface area contributed by atoms with Crippen molar-refractivity contribution in [2.75, 3.05) is 46.5 Å². The number of methoxy groups -OCH3 is 1. The molecule has 2 atom stereocenters. The molecule has 3 fully saturated rings. The van der Waals surface area contributed by atoms with E-state index in [2.05, 4.69) is 4.90 Å². The summed E-state index contributed by atoms with van der Waals surface area (Å²) in [4.78, 5) is 16.1. The summed E-state index contributed by atoms with van der Waals surface area (Å²) >= 11 is 0. The summed E-state index contributed by atoms with van der Waals surface area (Å²) in [5.74, 6) is -1.78. The van der Waals surface area contributed by atoms with Gasteiger partial charge >= 0.3 is 5.97 Å². The molecular formula is C21H37FN2O4. The fraction of sp³-hybridized carbons (Fsp3) is 0.952. The van der Waals surface area contributed by atoms with Gasteiger partial charge in [-0.2, -0.15) is 0 Å². The van der Waals surface area contributed by atoms with Gasteiger partial charge in [0, 0.05) is 33.3 Å². The molecule has 2 saturated heterocycles. The SMILES string of the molecule is CCOC(=O)C1CCC(O[C@H](N2CCCC2)[C@@](F)(COC)N2CCCC2)CC1. The lowest BCUT2D eigenvalue weighted by atomic mass is 9.87. The molecule has 1 saturated carbocycles. The molecule has 162 valence electrons. The number of esters is 1. The Kier molecular flexibility index (Phi) is 8.09. The Morgan fingerprint density at radius 3 is 2.25 bits per heavy atom. The van der Waals surface area contributed by atoms with E-state index in [1.54, 1.807) is 7.11 Å². The zero-order valence-corrected chi connectivity index (χ0v) is 17.5. The number of hydrogen-bond acceptors (Lipinski definition) is 6. The van der Waals surface area contributed by atoms with Crippen LogP contribution in [0.2, 0.25) is 0 Å². The van der Waals surface area contributed by atoms with Crippen LogP contribution in [0.15, 0.2) is 0 Å². The first-order chi connectivity index (χ1) is 13.6. The molecule has 28 heavy (non-hydrogen) atoms. The standard InChI is InChI=1S/C21H37FN2O4/c1-3-27-19(25)17-8-10-18(11-9-17)28-20(23-12-4-5-13-23)21(22,16-26-2)24-14-6-7-15-24/h17-18,20H,3-16H2,1-2H3/t17?,18?,20-,21+/m0/s1. The molecular weight excluding hydrogens is 363 g/mol. The Morgan fingerprint density at radius 2 is 1.68 bits per heavy atom. The highest BCUT2D eigenvalue weighted by Gasteiger charge is 2.51. The number of hydrogen-bond donors (Lipinski definition) is 0. The summed E-state index contributed by atoms with van der Waals surface area (Å²) in [6.07, 6.45) is 6.63. The Morgan fingerprint density at radius 1 is 1.07 bits per heavy atom. The molecule has 0 unspecified atom stereocenters. The van der Waals surface area contributed by atoms with Gasteiger partial charge in [-0.25, -0.2) is 4.39 Å². The predicted molar refractivity (Wildman–Crippen MR) is 105 cm³/mol. The van der Waals surface area contributed by atoms with Crippen LogP contribution < -0.4 is 0 Å². The molecule has 0 aromatic rings. The zero-order chi connectivity index (χ0) is 20.0. The normalized spacial score (nSPS) is 30.2. The Bertz CT molecular complexity index is 489. The highest BCUT2D eigenvalue weighted by molar-refractivity contribution is 5.72. The van der Waals surface area contributed by atoms with Gasteiger partial charge in [0.15, 0.2) is 6.23 Å². The number of rotatable bonds is 9. The number of carbonyl (C=O) groups is 1. The van der Waals surface area contributed by atoms with Crippen molar-refractivity contribution in [2.24, 2.45) is 5.92 Å². The predicted octanol–water partition coefficient (Wildman–Crippen LogP) is 2.95. The Balaban J connectivity index is 1.67. The molecule has 0 bridgehead atoms. The first-order valence-corrected chi connectivity index (χ1v) is 11.1. The van der Waals surface area contributed by atoms with E-state index in [9.17, 15) is 4.79 Å². The van der Waals surface area contributed by atoms with Gasteiger partial charge in [-0.05, 0) is 58.3 Å². The second-order valence-corrected chi connectivity index (χ2v) is 8.40. The minimum Gasteiger partial charge on any atom is -0.466 e. The van der Waals surface area contributed by atoms with E-state index in [4.69, 9.17) is 14.2 Å². The molecule has 1 aliphatic carbocycles. The molecule has 6 nitrogen and oxygen atoms in total. The summed E-state index contributed by atoms with van der Waals surface area (Å²) in [5, 5.41) is 0. The number of nitrogens with zero attached hydrogens (tertiary/aromatic N) is 2. The summed E-state index contributed by atoms with van der Waals surface area (Å²) in [6, 6.07) is 0. The number of carbonyl (C=O) groups excluding carboxylic acids is 1. The fourth-order valence-corrected chi connectivity index (χ4v) is 4.93. The number of likely N-dealkylation sites (tertiary alicyclic amines) is 2. The van der Waals surface area contributed by atoms with Crippen LogP contribution >= 0.6 is 0 Å². The lowest BCUT2D eigenvalue weighted by Crippen LogP contribution is -2.62. The second kappa shape index (κ2) is 10.3. The van der Waals surface area contributed by atoms with Gasteiger partial charge in [0.05, 0.1) is 25.2 Å². The lowest BCUT2D eigenvalue weighted by molar-refractivity contribution is -0.236. The maximum absolute atomic E-state index is 16.4. The molecule has 7 heteroatoms. The third-order valence-corrected chi connectivity index (χ3v) is 6.44. The first kappa shape index (κ1) is 21.9. The van der Waals surface area contributed by atoms with Crippen molar-refractivity contribution in [3.63, 3.8) is 0 Å². The van der Waals surface area contributed by atoms with Crippen LogP contribution in [0, 0.1) is 5.92 Å². The fourth-order valence-electron chi connectivity index (χ4n) is 4.93. The van der Waals surface area contributed by atoms with Crippen molar-refractivity contribution in [3.05, 3.63) is 0 Å². The third-order valence-electron chi connectivity index (χ3n) is 6.44. The zero-order valence-electron chi connectivity index (χ0n) is 17.5. The largest absolute Gasteiger partial charge is 0.466 e. The van der Waals surface area contributed by atoms with Crippen LogP contribution in [-0.4, -0.2) is 80.4 Å². The van der Waals surface area contributed by atoms with Crippen LogP contribution in [0.25, 0.3) is 0 Å². The molecule has 3 rings (SSSR count). The van der Waals surface area contributed by atoms with Gasteiger partial charge in [0.2, 0.25) is 5.79 Å².